The third kappa shape index (κ3) is 5.51. The SMILES string of the molecule is C=C(CC)N=C(C)/C(C(=N)C(=NC)c1ccccc1Oc1ccccc1)=C(\C)N. The van der Waals surface area contributed by atoms with Crippen molar-refractivity contribution in [2.75, 3.05) is 7.05 Å². The molecule has 2 aromatic carbocycles. The molecular weight excluding hydrogens is 360 g/mol. The molecular formula is C24H28N4O. The predicted octanol–water partition coefficient (Wildman–Crippen LogP) is 5.53. The average Bonchev–Trinajstić information content (AvgIpc) is 2.70. The summed E-state index contributed by atoms with van der Waals surface area (Å²) < 4.78 is 6.06. The molecule has 29 heavy (non-hydrogen) atoms. The van der Waals surface area contributed by atoms with Gasteiger partial charge in [-0.3, -0.25) is 15.4 Å². The van der Waals surface area contributed by atoms with E-state index in [4.69, 9.17) is 15.9 Å². The third-order valence-electron chi connectivity index (χ3n) is 4.31. The first-order chi connectivity index (χ1) is 13.9. The Bertz CT molecular complexity index is 981. The number of benzene rings is 2. The molecule has 0 aliphatic heterocycles. The lowest BCUT2D eigenvalue weighted by molar-refractivity contribution is 0.482. The van der Waals surface area contributed by atoms with E-state index in [2.05, 4.69) is 16.6 Å². The monoisotopic (exact) mass is 388 g/mol. The van der Waals surface area contributed by atoms with Crippen LogP contribution in [0.2, 0.25) is 0 Å². The molecule has 0 radical (unpaired) electrons. The minimum Gasteiger partial charge on any atom is -0.457 e. The summed E-state index contributed by atoms with van der Waals surface area (Å²) in [6.07, 6.45) is 0.726. The van der Waals surface area contributed by atoms with Crippen molar-refractivity contribution in [1.29, 1.82) is 5.41 Å². The molecule has 0 spiro atoms. The number of hydrogen-bond donors (Lipinski definition) is 2. The highest BCUT2D eigenvalue weighted by Gasteiger charge is 2.21. The van der Waals surface area contributed by atoms with Gasteiger partial charge in [0.15, 0.2) is 0 Å². The number of nitrogens with zero attached hydrogens (tertiary/aromatic N) is 2. The highest BCUT2D eigenvalue weighted by Crippen LogP contribution is 2.27. The summed E-state index contributed by atoms with van der Waals surface area (Å²) in [4.78, 5) is 8.89. The molecule has 0 fully saturated rings. The Morgan fingerprint density at radius 3 is 2.28 bits per heavy atom. The topological polar surface area (TPSA) is 83.8 Å². The summed E-state index contributed by atoms with van der Waals surface area (Å²) in [6.45, 7) is 9.51. The molecule has 5 nitrogen and oxygen atoms in total. The molecule has 0 unspecified atom stereocenters. The minimum atomic E-state index is 0.196. The van der Waals surface area contributed by atoms with Gasteiger partial charge in [-0.05, 0) is 44.5 Å². The zero-order valence-corrected chi connectivity index (χ0v) is 17.5. The molecule has 2 rings (SSSR count). The minimum absolute atomic E-state index is 0.196. The molecule has 0 saturated carbocycles. The Balaban J connectivity index is 2.48. The zero-order chi connectivity index (χ0) is 21.4. The average molecular weight is 389 g/mol. The van der Waals surface area contributed by atoms with E-state index >= 15 is 0 Å². The van der Waals surface area contributed by atoms with Gasteiger partial charge in [-0.15, -0.1) is 0 Å². The fourth-order valence-corrected chi connectivity index (χ4v) is 2.89. The molecule has 3 N–H and O–H groups in total. The summed E-state index contributed by atoms with van der Waals surface area (Å²) >= 11 is 0. The zero-order valence-electron chi connectivity index (χ0n) is 17.5. The molecule has 0 amide bonds. The van der Waals surface area contributed by atoms with Crippen LogP contribution in [0.3, 0.4) is 0 Å². The lowest BCUT2D eigenvalue weighted by atomic mass is 9.95. The molecule has 0 aliphatic carbocycles. The second kappa shape index (κ2) is 10.2. The maximum absolute atomic E-state index is 8.84. The maximum atomic E-state index is 8.84. The van der Waals surface area contributed by atoms with Crippen molar-refractivity contribution in [3.8, 4) is 11.5 Å². The summed E-state index contributed by atoms with van der Waals surface area (Å²) in [5.41, 5.74) is 9.95. The molecule has 0 saturated heterocycles. The van der Waals surface area contributed by atoms with Crippen molar-refractivity contribution in [1.82, 2.24) is 0 Å². The fourth-order valence-electron chi connectivity index (χ4n) is 2.89. The number of ether oxygens (including phenoxy) is 1. The number of rotatable bonds is 8. The molecule has 0 atom stereocenters. The molecule has 2 aromatic rings. The number of hydrogen-bond acceptors (Lipinski definition) is 5. The Labute approximate surface area is 172 Å². The Kier molecular flexibility index (Phi) is 7.66. The van der Waals surface area contributed by atoms with Crippen molar-refractivity contribution in [3.63, 3.8) is 0 Å². The first kappa shape index (κ1) is 21.8. The Hall–Kier alpha value is -3.47. The van der Waals surface area contributed by atoms with E-state index in [-0.39, 0.29) is 5.71 Å². The second-order valence-corrected chi connectivity index (χ2v) is 6.53. The first-order valence-electron chi connectivity index (χ1n) is 9.47. The van der Waals surface area contributed by atoms with Crippen LogP contribution in [0.5, 0.6) is 11.5 Å². The van der Waals surface area contributed by atoms with Gasteiger partial charge in [0.25, 0.3) is 0 Å². The number of aliphatic imine (C=N–C) groups is 2. The van der Waals surface area contributed by atoms with Gasteiger partial charge in [0.05, 0.1) is 11.4 Å². The highest BCUT2D eigenvalue weighted by molar-refractivity contribution is 6.57. The molecule has 0 aromatic heterocycles. The number of nitrogens with two attached hydrogens (primary N) is 1. The van der Waals surface area contributed by atoms with Crippen LogP contribution in [0.25, 0.3) is 0 Å². The maximum Gasteiger partial charge on any atom is 0.136 e. The largest absolute Gasteiger partial charge is 0.457 e. The van der Waals surface area contributed by atoms with Crippen molar-refractivity contribution >= 4 is 17.1 Å². The van der Waals surface area contributed by atoms with E-state index in [1.807, 2.05) is 68.4 Å². The normalized spacial score (nSPS) is 13.0. The first-order valence-corrected chi connectivity index (χ1v) is 9.47. The predicted molar refractivity (Wildman–Crippen MR) is 123 cm³/mol. The van der Waals surface area contributed by atoms with Crippen molar-refractivity contribution in [2.45, 2.75) is 27.2 Å². The van der Waals surface area contributed by atoms with Crippen LogP contribution in [-0.2, 0) is 0 Å². The van der Waals surface area contributed by atoms with Gasteiger partial charge < -0.3 is 10.5 Å². The summed E-state index contributed by atoms with van der Waals surface area (Å²) in [5, 5.41) is 8.84. The third-order valence-corrected chi connectivity index (χ3v) is 4.31. The lowest BCUT2D eigenvalue weighted by Crippen LogP contribution is -2.24. The molecule has 0 bridgehead atoms. The van der Waals surface area contributed by atoms with Crippen molar-refractivity contribution in [2.24, 2.45) is 15.7 Å². The highest BCUT2D eigenvalue weighted by atomic mass is 16.5. The van der Waals surface area contributed by atoms with Gasteiger partial charge in [-0.1, -0.05) is 43.8 Å². The van der Waals surface area contributed by atoms with Crippen LogP contribution < -0.4 is 10.5 Å². The lowest BCUT2D eigenvalue weighted by Gasteiger charge is -2.17. The smallest absolute Gasteiger partial charge is 0.136 e. The van der Waals surface area contributed by atoms with E-state index in [1.165, 1.54) is 0 Å². The van der Waals surface area contributed by atoms with Crippen LogP contribution in [0.4, 0.5) is 0 Å². The van der Waals surface area contributed by atoms with E-state index < -0.39 is 0 Å². The van der Waals surface area contributed by atoms with E-state index in [0.29, 0.717) is 39.8 Å². The van der Waals surface area contributed by atoms with Crippen LogP contribution in [0.15, 0.2) is 88.1 Å². The van der Waals surface area contributed by atoms with Crippen LogP contribution in [-0.4, -0.2) is 24.2 Å². The van der Waals surface area contributed by atoms with Gasteiger partial charge in [-0.2, -0.15) is 0 Å². The standard InChI is InChI=1S/C24H28N4O/c1-6-16(2)28-18(4)22(17(3)25)23(26)24(27-5)20-14-10-11-15-21(20)29-19-12-8-7-9-13-19/h7-15,26H,2,6,25H2,1,3-5H3/b22-17-,26-23?,27-24?,28-18?. The summed E-state index contributed by atoms with van der Waals surface area (Å²) in [7, 11) is 1.66. The molecule has 150 valence electrons. The van der Waals surface area contributed by atoms with Crippen LogP contribution in [0, 0.1) is 5.41 Å². The fraction of sp³-hybridized carbons (Fsp3) is 0.208. The van der Waals surface area contributed by atoms with Crippen LogP contribution in [0.1, 0.15) is 32.8 Å². The van der Waals surface area contributed by atoms with Gasteiger partial charge in [0.2, 0.25) is 0 Å². The van der Waals surface area contributed by atoms with Gasteiger partial charge in [0.1, 0.15) is 11.5 Å². The van der Waals surface area contributed by atoms with Gasteiger partial charge in [0, 0.05) is 35.3 Å². The van der Waals surface area contributed by atoms with E-state index in [1.54, 1.807) is 14.0 Å². The summed E-state index contributed by atoms with van der Waals surface area (Å²) in [6, 6.07) is 17.0. The number of nitrogens with one attached hydrogen (secondary N) is 1. The molecule has 0 heterocycles. The second-order valence-electron chi connectivity index (χ2n) is 6.53. The molecule has 0 aliphatic rings. The van der Waals surface area contributed by atoms with E-state index in [0.717, 1.165) is 12.1 Å². The van der Waals surface area contributed by atoms with E-state index in [9.17, 15) is 0 Å². The van der Waals surface area contributed by atoms with Gasteiger partial charge in [-0.25, -0.2) is 0 Å². The Morgan fingerprint density at radius 1 is 1.07 bits per heavy atom. The molecule has 5 heteroatoms. The quantitative estimate of drug-likeness (QED) is 0.582. The van der Waals surface area contributed by atoms with Crippen LogP contribution >= 0.6 is 0 Å². The number of para-hydroxylation sites is 2. The summed E-state index contributed by atoms with van der Waals surface area (Å²) in [5.74, 6) is 1.33. The van der Waals surface area contributed by atoms with Crippen molar-refractivity contribution in [3.05, 3.63) is 83.7 Å². The van der Waals surface area contributed by atoms with Crippen molar-refractivity contribution < 1.29 is 4.74 Å². The van der Waals surface area contributed by atoms with Gasteiger partial charge >= 0.3 is 0 Å². The Morgan fingerprint density at radius 2 is 1.69 bits per heavy atom. The number of allylic oxidation sites excluding steroid dienone is 3.